The van der Waals surface area contributed by atoms with Crippen molar-refractivity contribution < 1.29 is 19.0 Å². The summed E-state index contributed by atoms with van der Waals surface area (Å²) in [5.74, 6) is 0.553. The first-order valence-corrected chi connectivity index (χ1v) is 15.6. The Hall–Kier alpha value is -3.12. The predicted molar refractivity (Wildman–Crippen MR) is 173 cm³/mol. The largest absolute Gasteiger partial charge is 0.493 e. The van der Waals surface area contributed by atoms with E-state index in [-0.39, 0.29) is 24.3 Å². The number of carbonyl (C=O) groups excluding carboxylic acids is 1. The van der Waals surface area contributed by atoms with Crippen molar-refractivity contribution in [3.8, 4) is 11.5 Å². The molecule has 0 spiro atoms. The van der Waals surface area contributed by atoms with Gasteiger partial charge < -0.3 is 14.2 Å². The van der Waals surface area contributed by atoms with Crippen LogP contribution in [0.3, 0.4) is 0 Å². The molecule has 3 aromatic carbocycles. The summed E-state index contributed by atoms with van der Waals surface area (Å²) in [7, 11) is 1.56. The van der Waals surface area contributed by atoms with E-state index in [1.807, 2.05) is 42.5 Å². The Morgan fingerprint density at radius 2 is 1.83 bits per heavy atom. The standard InChI is InChI=1S/C31H25Cl2IN2O5S/c1-4-40-30(38)26-17(2)35-31-36(27(26)20-10-6-8-12-22(20)33)29(37)25(42-31)15-18-13-23(34)28(24(14-18)39-3)41-16-19-9-5-7-11-21(19)32/h5-15,27H,4,16H2,1-3H3/b25-15-/t27-/m0/s1. The molecule has 11 heteroatoms. The monoisotopic (exact) mass is 734 g/mol. The van der Waals surface area contributed by atoms with Crippen molar-refractivity contribution in [3.05, 3.63) is 122 Å². The van der Waals surface area contributed by atoms with Gasteiger partial charge in [0.1, 0.15) is 12.6 Å². The van der Waals surface area contributed by atoms with Crippen molar-refractivity contribution in [2.45, 2.75) is 26.5 Å². The van der Waals surface area contributed by atoms with Gasteiger partial charge in [-0.3, -0.25) is 9.36 Å². The highest BCUT2D eigenvalue weighted by Crippen LogP contribution is 2.36. The summed E-state index contributed by atoms with van der Waals surface area (Å²) in [5.41, 5.74) is 2.66. The van der Waals surface area contributed by atoms with E-state index in [9.17, 15) is 9.59 Å². The van der Waals surface area contributed by atoms with Crippen LogP contribution in [0, 0.1) is 3.57 Å². The molecule has 1 atom stereocenters. The minimum atomic E-state index is -0.786. The molecule has 42 heavy (non-hydrogen) atoms. The normalized spacial score (nSPS) is 14.8. The number of esters is 1. The molecule has 216 valence electrons. The zero-order valence-electron chi connectivity index (χ0n) is 22.8. The first-order chi connectivity index (χ1) is 20.2. The van der Waals surface area contributed by atoms with Crippen molar-refractivity contribution in [3.63, 3.8) is 0 Å². The first kappa shape index (κ1) is 30.3. The van der Waals surface area contributed by atoms with Gasteiger partial charge in [-0.15, -0.1) is 0 Å². The number of ether oxygens (including phenoxy) is 3. The van der Waals surface area contributed by atoms with Gasteiger partial charge in [0, 0.05) is 15.6 Å². The molecule has 0 saturated carbocycles. The van der Waals surface area contributed by atoms with Crippen LogP contribution in [0.5, 0.6) is 11.5 Å². The van der Waals surface area contributed by atoms with Crippen LogP contribution in [-0.4, -0.2) is 24.3 Å². The van der Waals surface area contributed by atoms with Gasteiger partial charge in [-0.25, -0.2) is 9.79 Å². The molecule has 5 rings (SSSR count). The number of nitrogens with zero attached hydrogens (tertiary/aromatic N) is 2. The van der Waals surface area contributed by atoms with Crippen LogP contribution in [-0.2, 0) is 16.1 Å². The van der Waals surface area contributed by atoms with Crippen LogP contribution in [0.15, 0.2) is 81.7 Å². The maximum atomic E-state index is 13.9. The van der Waals surface area contributed by atoms with Crippen LogP contribution in [0.4, 0.5) is 0 Å². The second-order valence-corrected chi connectivity index (χ2v) is 12.2. The molecule has 0 unspecified atom stereocenters. The Balaban J connectivity index is 1.59. The van der Waals surface area contributed by atoms with E-state index in [1.54, 1.807) is 45.2 Å². The maximum absolute atomic E-state index is 13.9. The fourth-order valence-electron chi connectivity index (χ4n) is 4.66. The average molecular weight is 735 g/mol. The summed E-state index contributed by atoms with van der Waals surface area (Å²) in [6.45, 7) is 3.93. The molecule has 1 aromatic heterocycles. The van der Waals surface area contributed by atoms with Crippen LogP contribution < -0.4 is 24.4 Å². The molecule has 0 amide bonds. The average Bonchev–Trinajstić information content (AvgIpc) is 3.26. The number of halogens is 3. The zero-order valence-corrected chi connectivity index (χ0v) is 27.3. The van der Waals surface area contributed by atoms with E-state index in [2.05, 4.69) is 27.6 Å². The number of methoxy groups -OCH3 is 1. The first-order valence-electron chi connectivity index (χ1n) is 12.9. The third-order valence-corrected chi connectivity index (χ3v) is 9.09. The number of carbonyl (C=O) groups is 1. The molecule has 0 N–H and O–H groups in total. The van der Waals surface area contributed by atoms with Crippen molar-refractivity contribution >= 4 is 69.2 Å². The minimum absolute atomic E-state index is 0.188. The molecule has 7 nitrogen and oxygen atoms in total. The summed E-state index contributed by atoms with van der Waals surface area (Å²) in [5, 5.41) is 1.05. The Morgan fingerprint density at radius 3 is 2.52 bits per heavy atom. The molecular formula is C31H25Cl2IN2O5S. The predicted octanol–water partition coefficient (Wildman–Crippen LogP) is 6.30. The van der Waals surface area contributed by atoms with E-state index >= 15 is 0 Å². The lowest BCUT2D eigenvalue weighted by atomic mass is 9.96. The quantitative estimate of drug-likeness (QED) is 0.157. The van der Waals surface area contributed by atoms with Gasteiger partial charge in [0.2, 0.25) is 0 Å². The minimum Gasteiger partial charge on any atom is -0.493 e. The fraction of sp³-hybridized carbons (Fsp3) is 0.194. The number of fused-ring (bicyclic) bond motifs is 1. The molecule has 0 fully saturated rings. The third-order valence-electron chi connectivity index (χ3n) is 6.60. The van der Waals surface area contributed by atoms with Gasteiger partial charge in [-0.2, -0.15) is 0 Å². The molecular weight excluding hydrogens is 710 g/mol. The summed E-state index contributed by atoms with van der Waals surface area (Å²) in [4.78, 5) is 32.1. The summed E-state index contributed by atoms with van der Waals surface area (Å²) < 4.78 is 19.8. The molecule has 0 aliphatic carbocycles. The Labute approximate surface area is 269 Å². The van der Waals surface area contributed by atoms with Crippen LogP contribution >= 0.6 is 57.1 Å². The van der Waals surface area contributed by atoms with E-state index in [0.29, 0.717) is 42.1 Å². The molecule has 0 bridgehead atoms. The zero-order chi connectivity index (χ0) is 30.0. The lowest BCUT2D eigenvalue weighted by Gasteiger charge is -2.25. The topological polar surface area (TPSA) is 79.1 Å². The summed E-state index contributed by atoms with van der Waals surface area (Å²) in [6, 6.07) is 17.6. The van der Waals surface area contributed by atoms with E-state index < -0.39 is 12.0 Å². The Kier molecular flexibility index (Phi) is 9.41. The van der Waals surface area contributed by atoms with Gasteiger partial charge in [-0.05, 0) is 77.9 Å². The van der Waals surface area contributed by atoms with Gasteiger partial charge in [0.15, 0.2) is 16.3 Å². The van der Waals surface area contributed by atoms with E-state index in [4.69, 9.17) is 37.4 Å². The molecule has 4 aromatic rings. The SMILES string of the molecule is CCOC(=O)C1=C(C)N=c2s/c(=C\c3cc(I)c(OCc4ccccc4Cl)c(OC)c3)c(=O)n2[C@H]1c1ccccc1Cl. The third kappa shape index (κ3) is 6.01. The fourth-order valence-corrected chi connectivity index (χ4v) is 6.92. The number of benzene rings is 3. The number of thiazole rings is 1. The summed E-state index contributed by atoms with van der Waals surface area (Å²) in [6.07, 6.45) is 1.78. The molecule has 1 aliphatic heterocycles. The van der Waals surface area contributed by atoms with E-state index in [0.717, 1.165) is 14.7 Å². The van der Waals surface area contributed by atoms with Crippen molar-refractivity contribution in [2.75, 3.05) is 13.7 Å². The van der Waals surface area contributed by atoms with Gasteiger partial charge >= 0.3 is 5.97 Å². The number of aromatic nitrogens is 1. The van der Waals surface area contributed by atoms with E-state index in [1.165, 1.54) is 15.9 Å². The van der Waals surface area contributed by atoms with Crippen molar-refractivity contribution in [2.24, 2.45) is 4.99 Å². The molecule has 2 heterocycles. The maximum Gasteiger partial charge on any atom is 0.338 e. The van der Waals surface area contributed by atoms with Gasteiger partial charge in [0.05, 0.1) is 33.1 Å². The molecule has 0 saturated heterocycles. The second kappa shape index (κ2) is 13.0. The van der Waals surface area contributed by atoms with Gasteiger partial charge in [-0.1, -0.05) is 70.9 Å². The number of hydrogen-bond donors (Lipinski definition) is 0. The highest BCUT2D eigenvalue weighted by Gasteiger charge is 2.34. The number of hydrogen-bond acceptors (Lipinski definition) is 7. The van der Waals surface area contributed by atoms with Crippen LogP contribution in [0.1, 0.15) is 36.6 Å². The van der Waals surface area contributed by atoms with Crippen molar-refractivity contribution in [1.29, 1.82) is 0 Å². The number of rotatable bonds is 8. The number of allylic oxidation sites excluding steroid dienone is 1. The highest BCUT2D eigenvalue weighted by atomic mass is 127. The Bertz CT molecular complexity index is 1900. The molecule has 0 radical (unpaired) electrons. The lowest BCUT2D eigenvalue weighted by molar-refractivity contribution is -0.139. The lowest BCUT2D eigenvalue weighted by Crippen LogP contribution is -2.40. The van der Waals surface area contributed by atoms with Crippen LogP contribution in [0.25, 0.3) is 6.08 Å². The van der Waals surface area contributed by atoms with Gasteiger partial charge in [0.25, 0.3) is 5.56 Å². The summed E-state index contributed by atoms with van der Waals surface area (Å²) >= 11 is 16.3. The molecule has 1 aliphatic rings. The van der Waals surface area contributed by atoms with Crippen molar-refractivity contribution in [1.82, 2.24) is 4.57 Å². The smallest absolute Gasteiger partial charge is 0.338 e. The Morgan fingerprint density at radius 1 is 1.12 bits per heavy atom. The van der Waals surface area contributed by atoms with Crippen LogP contribution in [0.2, 0.25) is 10.0 Å². The second-order valence-electron chi connectivity index (χ2n) is 9.24. The highest BCUT2D eigenvalue weighted by molar-refractivity contribution is 14.1.